The van der Waals surface area contributed by atoms with Crippen molar-refractivity contribution < 1.29 is 9.59 Å². The van der Waals surface area contributed by atoms with Crippen LogP contribution in [0.15, 0.2) is 103 Å². The van der Waals surface area contributed by atoms with Gasteiger partial charge in [0.15, 0.2) is 0 Å². The molecule has 36 heavy (non-hydrogen) atoms. The van der Waals surface area contributed by atoms with Crippen molar-refractivity contribution >= 4 is 33.4 Å². The molecular weight excluding hydrogens is 446 g/mol. The third kappa shape index (κ3) is 4.68. The molecule has 0 spiro atoms. The van der Waals surface area contributed by atoms with E-state index in [4.69, 9.17) is 0 Å². The molecule has 0 aliphatic heterocycles. The highest BCUT2D eigenvalue weighted by Gasteiger charge is 2.18. The highest BCUT2D eigenvalue weighted by Crippen LogP contribution is 2.25. The molecule has 1 aromatic heterocycles. The summed E-state index contributed by atoms with van der Waals surface area (Å²) < 4.78 is 0. The van der Waals surface area contributed by atoms with Gasteiger partial charge in [-0.2, -0.15) is 0 Å². The third-order valence-electron chi connectivity index (χ3n) is 6.53. The van der Waals surface area contributed by atoms with E-state index in [2.05, 4.69) is 45.9 Å². The second kappa shape index (κ2) is 10.0. The molecule has 2 atom stereocenters. The van der Waals surface area contributed by atoms with E-state index in [1.807, 2.05) is 68.4 Å². The maximum Gasteiger partial charge on any atom is 0.270 e. The molecule has 2 amide bonds. The van der Waals surface area contributed by atoms with Gasteiger partial charge >= 0.3 is 0 Å². The monoisotopic (exact) mass is 473 g/mol. The molecule has 2 N–H and O–H groups in total. The summed E-state index contributed by atoms with van der Waals surface area (Å²) >= 11 is 0. The van der Waals surface area contributed by atoms with Crippen LogP contribution in [-0.4, -0.2) is 16.8 Å². The predicted octanol–water partition coefficient (Wildman–Crippen LogP) is 6.37. The first-order valence-electron chi connectivity index (χ1n) is 12.0. The summed E-state index contributed by atoms with van der Waals surface area (Å²) in [6.07, 6.45) is 1.50. The number of carbonyl (C=O) groups excluding carboxylic acids is 2. The van der Waals surface area contributed by atoms with Crippen LogP contribution in [0.3, 0.4) is 0 Å². The van der Waals surface area contributed by atoms with Crippen LogP contribution in [0.1, 0.15) is 57.9 Å². The number of aromatic nitrogens is 1. The molecule has 5 aromatic rings. The molecule has 0 radical (unpaired) electrons. The molecule has 0 fully saturated rings. The van der Waals surface area contributed by atoms with Gasteiger partial charge in [0.2, 0.25) is 0 Å². The summed E-state index contributed by atoms with van der Waals surface area (Å²) in [6, 6.07) is 31.0. The lowest BCUT2D eigenvalue weighted by molar-refractivity contribution is 0.0935. The van der Waals surface area contributed by atoms with Gasteiger partial charge in [0, 0.05) is 11.8 Å². The fraction of sp³-hybridized carbons (Fsp3) is 0.129. The molecule has 4 aromatic carbocycles. The van der Waals surface area contributed by atoms with Crippen LogP contribution in [0.5, 0.6) is 0 Å². The minimum Gasteiger partial charge on any atom is -0.345 e. The van der Waals surface area contributed by atoms with Crippen LogP contribution < -0.4 is 10.6 Å². The average molecular weight is 474 g/mol. The second-order valence-electron chi connectivity index (χ2n) is 8.96. The summed E-state index contributed by atoms with van der Waals surface area (Å²) in [5.74, 6) is -0.582. The Morgan fingerprint density at radius 1 is 0.639 bits per heavy atom. The number of hydrogen-bond donors (Lipinski definition) is 2. The Kier molecular flexibility index (Phi) is 6.46. The Hall–Kier alpha value is -4.51. The number of nitrogens with zero attached hydrogens (tertiary/aromatic N) is 1. The Bertz CT molecular complexity index is 1450. The molecule has 0 unspecified atom stereocenters. The van der Waals surface area contributed by atoms with Crippen molar-refractivity contribution in [2.45, 2.75) is 25.9 Å². The van der Waals surface area contributed by atoms with Gasteiger partial charge in [0.1, 0.15) is 5.69 Å². The zero-order chi connectivity index (χ0) is 25.1. The van der Waals surface area contributed by atoms with Crippen LogP contribution in [0.2, 0.25) is 0 Å². The maximum atomic E-state index is 13.1. The first-order valence-corrected chi connectivity index (χ1v) is 12.0. The molecular formula is C31H27N3O2. The highest BCUT2D eigenvalue weighted by molar-refractivity contribution is 5.99. The maximum absolute atomic E-state index is 13.1. The van der Waals surface area contributed by atoms with E-state index in [0.29, 0.717) is 5.56 Å². The van der Waals surface area contributed by atoms with Gasteiger partial charge in [-0.25, -0.2) is 0 Å². The van der Waals surface area contributed by atoms with Gasteiger partial charge in [-0.3, -0.25) is 14.6 Å². The molecule has 178 valence electrons. The van der Waals surface area contributed by atoms with E-state index >= 15 is 0 Å². The Balaban J connectivity index is 1.31. The summed E-state index contributed by atoms with van der Waals surface area (Å²) in [6.45, 7) is 3.91. The van der Waals surface area contributed by atoms with Crippen molar-refractivity contribution in [1.29, 1.82) is 0 Å². The number of nitrogens with one attached hydrogen (secondary N) is 2. The van der Waals surface area contributed by atoms with E-state index < -0.39 is 0 Å². The molecule has 5 rings (SSSR count). The Morgan fingerprint density at radius 3 is 1.72 bits per heavy atom. The summed E-state index contributed by atoms with van der Waals surface area (Å²) in [5, 5.41) is 10.5. The summed E-state index contributed by atoms with van der Waals surface area (Å²) in [5.41, 5.74) is 2.66. The first-order chi connectivity index (χ1) is 17.5. The zero-order valence-corrected chi connectivity index (χ0v) is 20.2. The van der Waals surface area contributed by atoms with E-state index in [1.54, 1.807) is 6.07 Å². The number of rotatable bonds is 6. The fourth-order valence-corrected chi connectivity index (χ4v) is 4.66. The molecule has 5 heteroatoms. The van der Waals surface area contributed by atoms with Crippen molar-refractivity contribution in [2.24, 2.45) is 0 Å². The van der Waals surface area contributed by atoms with Crippen LogP contribution >= 0.6 is 0 Å². The standard InChI is InChI=1S/C31H27N3O2/c1-20(25-15-7-11-22-9-3-5-13-27(22)25)33-30(35)24-17-18-32-29(19-24)31(36)34-21(2)26-16-8-12-23-10-4-6-14-28(23)26/h3-21H,1-2H3,(H,33,35)(H,34,36)/t20-,21+/m0/s1. The first kappa shape index (κ1) is 23.2. The van der Waals surface area contributed by atoms with Gasteiger partial charge < -0.3 is 10.6 Å². The van der Waals surface area contributed by atoms with Crippen molar-refractivity contribution in [3.63, 3.8) is 0 Å². The van der Waals surface area contributed by atoms with Crippen LogP contribution in [0.25, 0.3) is 21.5 Å². The molecule has 0 aliphatic rings. The lowest BCUT2D eigenvalue weighted by Crippen LogP contribution is -2.29. The van der Waals surface area contributed by atoms with E-state index in [0.717, 1.165) is 32.7 Å². The van der Waals surface area contributed by atoms with Crippen molar-refractivity contribution in [3.8, 4) is 0 Å². The smallest absolute Gasteiger partial charge is 0.270 e. The second-order valence-corrected chi connectivity index (χ2v) is 8.96. The third-order valence-corrected chi connectivity index (χ3v) is 6.53. The lowest BCUT2D eigenvalue weighted by Gasteiger charge is -2.18. The van der Waals surface area contributed by atoms with Crippen LogP contribution in [-0.2, 0) is 0 Å². The van der Waals surface area contributed by atoms with Crippen molar-refractivity contribution in [3.05, 3.63) is 126 Å². The largest absolute Gasteiger partial charge is 0.345 e. The summed E-state index contributed by atoms with van der Waals surface area (Å²) in [4.78, 5) is 30.3. The number of carbonyl (C=O) groups is 2. The van der Waals surface area contributed by atoms with E-state index in [9.17, 15) is 9.59 Å². The van der Waals surface area contributed by atoms with Crippen LogP contribution in [0, 0.1) is 0 Å². The molecule has 0 saturated carbocycles. The molecule has 0 saturated heterocycles. The predicted molar refractivity (Wildman–Crippen MR) is 144 cm³/mol. The molecule has 5 nitrogen and oxygen atoms in total. The lowest BCUT2D eigenvalue weighted by atomic mass is 9.99. The number of benzene rings is 4. The number of hydrogen-bond acceptors (Lipinski definition) is 3. The van der Waals surface area contributed by atoms with Gasteiger partial charge in [0.05, 0.1) is 12.1 Å². The number of fused-ring (bicyclic) bond motifs is 2. The normalized spacial score (nSPS) is 12.7. The Labute approximate surface area is 210 Å². The molecule has 0 bridgehead atoms. The minimum atomic E-state index is -0.327. The topological polar surface area (TPSA) is 71.1 Å². The quantitative estimate of drug-likeness (QED) is 0.301. The van der Waals surface area contributed by atoms with Gasteiger partial charge in [0.25, 0.3) is 11.8 Å². The van der Waals surface area contributed by atoms with Crippen molar-refractivity contribution in [2.75, 3.05) is 0 Å². The van der Waals surface area contributed by atoms with Crippen molar-refractivity contribution in [1.82, 2.24) is 15.6 Å². The number of amides is 2. The van der Waals surface area contributed by atoms with E-state index in [1.165, 1.54) is 12.3 Å². The number of pyridine rings is 1. The van der Waals surface area contributed by atoms with Gasteiger partial charge in [-0.15, -0.1) is 0 Å². The van der Waals surface area contributed by atoms with E-state index in [-0.39, 0.29) is 29.6 Å². The fourth-order valence-electron chi connectivity index (χ4n) is 4.66. The van der Waals surface area contributed by atoms with Gasteiger partial charge in [-0.1, -0.05) is 84.9 Å². The highest BCUT2D eigenvalue weighted by atomic mass is 16.2. The summed E-state index contributed by atoms with van der Waals surface area (Å²) in [7, 11) is 0. The molecule has 1 heterocycles. The van der Waals surface area contributed by atoms with Gasteiger partial charge in [-0.05, 0) is 58.7 Å². The average Bonchev–Trinajstić information content (AvgIpc) is 2.92. The zero-order valence-electron chi connectivity index (χ0n) is 20.2. The SMILES string of the molecule is C[C@H](NC(=O)c1ccnc(C(=O)N[C@H](C)c2cccc3ccccc23)c1)c1cccc2ccccc12. The van der Waals surface area contributed by atoms with Crippen LogP contribution in [0.4, 0.5) is 0 Å². The Morgan fingerprint density at radius 2 is 1.14 bits per heavy atom. The molecule has 0 aliphatic carbocycles. The minimum absolute atomic E-state index is 0.201.